The molecule has 1 aromatic carbocycles. The Morgan fingerprint density at radius 2 is 2.14 bits per heavy atom. The van der Waals surface area contributed by atoms with Gasteiger partial charge in [0.2, 0.25) is 0 Å². The largest absolute Gasteiger partial charge is 0.496 e. The molecule has 1 unspecified atom stereocenters. The Bertz CT molecular complexity index is 334. The molecule has 1 aromatic rings. The zero-order chi connectivity index (χ0) is 10.1. The number of methoxy groups -OCH3 is 1. The first kappa shape index (κ1) is 9.34. The first-order valence-electron chi connectivity index (χ1n) is 4.91. The number of anilines is 1. The molecule has 0 spiro atoms. The molecule has 0 aromatic heterocycles. The highest BCUT2D eigenvalue weighted by atomic mass is 16.5. The second-order valence-corrected chi connectivity index (χ2v) is 3.86. The summed E-state index contributed by atoms with van der Waals surface area (Å²) in [7, 11) is 1.66. The molecule has 0 saturated heterocycles. The Hall–Kier alpha value is -1.22. The predicted molar refractivity (Wildman–Crippen MR) is 57.1 cm³/mol. The minimum absolute atomic E-state index is 0.0773. The van der Waals surface area contributed by atoms with Crippen LogP contribution in [0, 0.1) is 5.92 Å². The lowest BCUT2D eigenvalue weighted by Crippen LogP contribution is -2.13. The minimum atomic E-state index is 0.0773. The van der Waals surface area contributed by atoms with Gasteiger partial charge in [-0.3, -0.25) is 0 Å². The highest BCUT2D eigenvalue weighted by Crippen LogP contribution is 2.42. The molecule has 0 bridgehead atoms. The topological polar surface area (TPSA) is 61.3 Å². The number of hydrogen-bond donors (Lipinski definition) is 2. The van der Waals surface area contributed by atoms with Gasteiger partial charge in [-0.25, -0.2) is 0 Å². The smallest absolute Gasteiger partial charge is 0.123 e. The summed E-state index contributed by atoms with van der Waals surface area (Å²) in [5.41, 5.74) is 13.6. The fourth-order valence-corrected chi connectivity index (χ4v) is 1.72. The van der Waals surface area contributed by atoms with Crippen LogP contribution in [0.3, 0.4) is 0 Å². The first-order chi connectivity index (χ1) is 6.72. The Balaban J connectivity index is 2.32. The summed E-state index contributed by atoms with van der Waals surface area (Å²) >= 11 is 0. The van der Waals surface area contributed by atoms with Crippen molar-refractivity contribution < 1.29 is 4.74 Å². The van der Waals surface area contributed by atoms with Crippen LogP contribution in [-0.2, 0) is 0 Å². The highest BCUT2D eigenvalue weighted by Gasteiger charge is 2.31. The van der Waals surface area contributed by atoms with E-state index in [2.05, 4.69) is 0 Å². The van der Waals surface area contributed by atoms with Crippen LogP contribution in [-0.4, -0.2) is 7.11 Å². The molecule has 1 aliphatic rings. The predicted octanol–water partition coefficient (Wildman–Crippen LogP) is 1.69. The lowest BCUT2D eigenvalue weighted by atomic mass is 10.0. The molecule has 0 amide bonds. The third-order valence-electron chi connectivity index (χ3n) is 2.74. The maximum absolute atomic E-state index is 6.11. The molecule has 76 valence electrons. The van der Waals surface area contributed by atoms with Crippen molar-refractivity contribution in [1.29, 1.82) is 0 Å². The van der Waals surface area contributed by atoms with Gasteiger partial charge in [0.05, 0.1) is 7.11 Å². The summed E-state index contributed by atoms with van der Waals surface area (Å²) in [6.07, 6.45) is 2.44. The van der Waals surface area contributed by atoms with Gasteiger partial charge in [0.25, 0.3) is 0 Å². The summed E-state index contributed by atoms with van der Waals surface area (Å²) in [5.74, 6) is 1.46. The van der Waals surface area contributed by atoms with E-state index in [1.54, 1.807) is 7.11 Å². The van der Waals surface area contributed by atoms with Crippen LogP contribution in [0.2, 0.25) is 0 Å². The fraction of sp³-hybridized carbons (Fsp3) is 0.455. The molecule has 2 rings (SSSR count). The van der Waals surface area contributed by atoms with E-state index >= 15 is 0 Å². The lowest BCUT2D eigenvalue weighted by Gasteiger charge is -2.15. The van der Waals surface area contributed by atoms with Gasteiger partial charge in [-0.2, -0.15) is 0 Å². The molecule has 0 aliphatic heterocycles. The maximum Gasteiger partial charge on any atom is 0.123 e. The molecule has 1 aliphatic carbocycles. The van der Waals surface area contributed by atoms with Crippen LogP contribution in [0.5, 0.6) is 5.75 Å². The molecule has 4 N–H and O–H groups in total. The van der Waals surface area contributed by atoms with Crippen molar-refractivity contribution in [1.82, 2.24) is 0 Å². The van der Waals surface area contributed by atoms with E-state index in [9.17, 15) is 0 Å². The first-order valence-corrected chi connectivity index (χ1v) is 4.91. The fourth-order valence-electron chi connectivity index (χ4n) is 1.72. The van der Waals surface area contributed by atoms with Gasteiger partial charge in [0, 0.05) is 17.3 Å². The number of ether oxygens (including phenoxy) is 1. The Labute approximate surface area is 84.0 Å². The molecule has 1 fully saturated rings. The van der Waals surface area contributed by atoms with E-state index < -0.39 is 0 Å². The van der Waals surface area contributed by atoms with Crippen LogP contribution < -0.4 is 16.2 Å². The van der Waals surface area contributed by atoms with Gasteiger partial charge < -0.3 is 16.2 Å². The van der Waals surface area contributed by atoms with Crippen molar-refractivity contribution in [2.75, 3.05) is 12.8 Å². The molecular weight excluding hydrogens is 176 g/mol. The molecule has 1 saturated carbocycles. The van der Waals surface area contributed by atoms with Gasteiger partial charge in [0.1, 0.15) is 5.75 Å². The van der Waals surface area contributed by atoms with Crippen molar-refractivity contribution in [2.24, 2.45) is 11.7 Å². The molecule has 14 heavy (non-hydrogen) atoms. The van der Waals surface area contributed by atoms with E-state index in [-0.39, 0.29) is 6.04 Å². The van der Waals surface area contributed by atoms with E-state index in [4.69, 9.17) is 16.2 Å². The van der Waals surface area contributed by atoms with Crippen molar-refractivity contribution in [3.8, 4) is 5.75 Å². The second-order valence-electron chi connectivity index (χ2n) is 3.86. The molecule has 3 heteroatoms. The standard InChI is InChI=1S/C11H16N2O/c1-14-10-5-4-8(12)6-9(10)11(13)7-2-3-7/h4-7,11H,2-3,12-13H2,1H3. The van der Waals surface area contributed by atoms with Gasteiger partial charge in [-0.05, 0) is 37.0 Å². The number of nitrogen functional groups attached to an aromatic ring is 1. The number of benzene rings is 1. The number of hydrogen-bond acceptors (Lipinski definition) is 3. The third kappa shape index (κ3) is 1.68. The average molecular weight is 192 g/mol. The second kappa shape index (κ2) is 3.50. The Morgan fingerprint density at radius 3 is 2.71 bits per heavy atom. The van der Waals surface area contributed by atoms with Crippen LogP contribution in [0.4, 0.5) is 5.69 Å². The van der Waals surface area contributed by atoms with E-state index in [0.717, 1.165) is 17.0 Å². The maximum atomic E-state index is 6.11. The van der Waals surface area contributed by atoms with Crippen LogP contribution >= 0.6 is 0 Å². The van der Waals surface area contributed by atoms with Crippen LogP contribution in [0.1, 0.15) is 24.4 Å². The van der Waals surface area contributed by atoms with E-state index in [1.807, 2.05) is 18.2 Å². The molecule has 0 heterocycles. The SMILES string of the molecule is COc1ccc(N)cc1C(N)C1CC1. The van der Waals surface area contributed by atoms with E-state index in [0.29, 0.717) is 5.92 Å². The normalized spacial score (nSPS) is 17.9. The monoisotopic (exact) mass is 192 g/mol. The van der Waals surface area contributed by atoms with Crippen molar-refractivity contribution in [3.63, 3.8) is 0 Å². The Morgan fingerprint density at radius 1 is 1.43 bits per heavy atom. The number of nitrogens with two attached hydrogens (primary N) is 2. The van der Waals surface area contributed by atoms with Gasteiger partial charge in [-0.15, -0.1) is 0 Å². The number of rotatable bonds is 3. The zero-order valence-electron chi connectivity index (χ0n) is 8.36. The summed E-state index contributed by atoms with van der Waals surface area (Å²) in [6, 6.07) is 5.71. The molecule has 1 atom stereocenters. The lowest BCUT2D eigenvalue weighted by molar-refractivity contribution is 0.403. The summed E-state index contributed by atoms with van der Waals surface area (Å²) in [4.78, 5) is 0. The Kier molecular flexibility index (Phi) is 2.33. The van der Waals surface area contributed by atoms with E-state index in [1.165, 1.54) is 12.8 Å². The minimum Gasteiger partial charge on any atom is -0.496 e. The van der Waals surface area contributed by atoms with Crippen molar-refractivity contribution in [2.45, 2.75) is 18.9 Å². The summed E-state index contributed by atoms with van der Waals surface area (Å²) < 4.78 is 5.26. The molecular formula is C11H16N2O. The summed E-state index contributed by atoms with van der Waals surface area (Å²) in [5, 5.41) is 0. The molecule has 3 nitrogen and oxygen atoms in total. The highest BCUT2D eigenvalue weighted by molar-refractivity contribution is 5.49. The molecule has 0 radical (unpaired) electrons. The van der Waals surface area contributed by atoms with Crippen LogP contribution in [0.25, 0.3) is 0 Å². The summed E-state index contributed by atoms with van der Waals surface area (Å²) in [6.45, 7) is 0. The average Bonchev–Trinajstić information content (AvgIpc) is 3.00. The van der Waals surface area contributed by atoms with Crippen LogP contribution in [0.15, 0.2) is 18.2 Å². The zero-order valence-corrected chi connectivity index (χ0v) is 8.36. The quantitative estimate of drug-likeness (QED) is 0.716. The third-order valence-corrected chi connectivity index (χ3v) is 2.74. The van der Waals surface area contributed by atoms with Crippen molar-refractivity contribution in [3.05, 3.63) is 23.8 Å². The van der Waals surface area contributed by atoms with Crippen molar-refractivity contribution >= 4 is 5.69 Å². The van der Waals surface area contributed by atoms with Gasteiger partial charge in [-0.1, -0.05) is 0 Å². The van der Waals surface area contributed by atoms with Gasteiger partial charge >= 0.3 is 0 Å². The van der Waals surface area contributed by atoms with Gasteiger partial charge in [0.15, 0.2) is 0 Å².